The number of aromatic nitrogens is 1. The van der Waals surface area contributed by atoms with Crippen LogP contribution in [0.2, 0.25) is 0 Å². The molecule has 2 aromatic rings. The van der Waals surface area contributed by atoms with E-state index in [1.54, 1.807) is 42.6 Å². The molecule has 28 heavy (non-hydrogen) atoms. The van der Waals surface area contributed by atoms with E-state index < -0.39 is 31.8 Å². The average Bonchev–Trinajstić information content (AvgIpc) is 3.02. The lowest BCUT2D eigenvalue weighted by Crippen LogP contribution is -2.44. The van der Waals surface area contributed by atoms with Gasteiger partial charge in [-0.3, -0.25) is 4.79 Å². The Morgan fingerprint density at radius 2 is 1.89 bits per heavy atom. The number of nitrogens with one attached hydrogen (secondary N) is 2. The topological polar surface area (TPSA) is 122 Å². The first-order valence-electron chi connectivity index (χ1n) is 8.20. The number of carbonyl (C=O) groups is 1. The molecule has 0 saturated carbocycles. The van der Waals surface area contributed by atoms with E-state index in [9.17, 15) is 21.6 Å². The first kappa shape index (κ1) is 22.2. The lowest BCUT2D eigenvalue weighted by atomic mass is 10.2. The molecule has 0 radical (unpaired) electrons. The Morgan fingerprint density at radius 1 is 1.21 bits per heavy atom. The van der Waals surface area contributed by atoms with Crippen LogP contribution in [0.15, 0.2) is 41.1 Å². The highest BCUT2D eigenvalue weighted by Gasteiger charge is 2.25. The van der Waals surface area contributed by atoms with Gasteiger partial charge in [-0.15, -0.1) is 11.3 Å². The van der Waals surface area contributed by atoms with Crippen LogP contribution >= 0.6 is 11.3 Å². The number of rotatable bonds is 9. The number of nitrogens with zero attached hydrogens (tertiary/aromatic N) is 1. The van der Waals surface area contributed by atoms with Gasteiger partial charge in [0.1, 0.15) is 15.9 Å². The van der Waals surface area contributed by atoms with E-state index in [0.717, 1.165) is 11.7 Å². The molecule has 0 saturated heterocycles. The molecule has 1 unspecified atom stereocenters. The number of hydrogen-bond donors (Lipinski definition) is 2. The van der Waals surface area contributed by atoms with Gasteiger partial charge in [-0.2, -0.15) is 4.72 Å². The van der Waals surface area contributed by atoms with Crippen molar-refractivity contribution in [3.63, 3.8) is 0 Å². The normalized spacial score (nSPS) is 13.5. The second-order valence-corrected chi connectivity index (χ2v) is 10.8. The minimum absolute atomic E-state index is 0.201. The van der Waals surface area contributed by atoms with Crippen molar-refractivity contribution in [2.24, 2.45) is 0 Å². The maximum absolute atomic E-state index is 12.5. The molecule has 1 amide bonds. The largest absolute Gasteiger partial charge is 0.301 e. The Bertz CT molecular complexity index is 1040. The van der Waals surface area contributed by atoms with Crippen molar-refractivity contribution in [3.8, 4) is 0 Å². The van der Waals surface area contributed by atoms with Gasteiger partial charge in [0.15, 0.2) is 5.13 Å². The number of sulfone groups is 1. The third-order valence-electron chi connectivity index (χ3n) is 3.49. The molecule has 0 aliphatic heterocycles. The van der Waals surface area contributed by atoms with E-state index >= 15 is 0 Å². The maximum Gasteiger partial charge on any atom is 0.244 e. The Morgan fingerprint density at radius 3 is 2.46 bits per heavy atom. The van der Waals surface area contributed by atoms with Gasteiger partial charge in [-0.25, -0.2) is 21.8 Å². The Balaban J connectivity index is 2.15. The number of amides is 1. The van der Waals surface area contributed by atoms with Gasteiger partial charge >= 0.3 is 0 Å². The van der Waals surface area contributed by atoms with Crippen LogP contribution in [-0.4, -0.2) is 45.8 Å². The Kier molecular flexibility index (Phi) is 7.47. The number of aryl methyl sites for hydroxylation is 1. The monoisotopic (exact) mass is 443 g/mol. The van der Waals surface area contributed by atoms with Crippen LogP contribution in [0.5, 0.6) is 0 Å². The van der Waals surface area contributed by atoms with E-state index in [0.29, 0.717) is 16.4 Å². The zero-order chi connectivity index (χ0) is 20.8. The van der Waals surface area contributed by atoms with Gasteiger partial charge in [0, 0.05) is 17.0 Å². The SMILES string of the molecule is Cc1csc(NC(=O)C(CCS(C)(=O)=O)NS(=O)(=O)/C=C/c2ccccc2)n1. The molecule has 0 spiro atoms. The Labute approximate surface area is 168 Å². The standard InChI is InChI=1S/C17H21N3O5S3/c1-13-12-26-17(18-13)19-16(21)15(9-10-27(2,22)23)20-28(24,25)11-8-14-6-4-3-5-7-14/h3-8,11-12,15,20H,9-10H2,1-2H3,(H,18,19,21)/b11-8+. The van der Waals surface area contributed by atoms with Gasteiger partial charge in [-0.1, -0.05) is 30.3 Å². The highest BCUT2D eigenvalue weighted by Crippen LogP contribution is 2.15. The minimum atomic E-state index is -3.98. The lowest BCUT2D eigenvalue weighted by Gasteiger charge is -2.16. The summed E-state index contributed by atoms with van der Waals surface area (Å²) in [5.41, 5.74) is 1.38. The van der Waals surface area contributed by atoms with Crippen LogP contribution in [0.3, 0.4) is 0 Å². The molecule has 0 fully saturated rings. The predicted molar refractivity (Wildman–Crippen MR) is 111 cm³/mol. The van der Waals surface area contributed by atoms with Crippen molar-refractivity contribution in [2.45, 2.75) is 19.4 Å². The van der Waals surface area contributed by atoms with Crippen LogP contribution in [0.1, 0.15) is 17.7 Å². The third kappa shape index (κ3) is 7.89. The molecule has 1 atom stereocenters. The summed E-state index contributed by atoms with van der Waals surface area (Å²) < 4.78 is 49.9. The molecule has 0 aliphatic rings. The summed E-state index contributed by atoms with van der Waals surface area (Å²) in [7, 11) is -7.36. The number of anilines is 1. The second-order valence-electron chi connectivity index (χ2n) is 6.13. The number of carbonyl (C=O) groups excluding carboxylic acids is 1. The molecule has 11 heteroatoms. The van der Waals surface area contributed by atoms with Gasteiger partial charge in [0.2, 0.25) is 15.9 Å². The fourth-order valence-electron chi connectivity index (χ4n) is 2.15. The van der Waals surface area contributed by atoms with Gasteiger partial charge in [0.05, 0.1) is 11.4 Å². The van der Waals surface area contributed by atoms with E-state index in [2.05, 4.69) is 15.0 Å². The first-order chi connectivity index (χ1) is 13.0. The summed E-state index contributed by atoms with van der Waals surface area (Å²) in [4.78, 5) is 16.6. The number of thiazole rings is 1. The summed E-state index contributed by atoms with van der Waals surface area (Å²) in [5, 5.41) is 5.50. The summed E-state index contributed by atoms with van der Waals surface area (Å²) in [6.45, 7) is 1.75. The molecule has 0 aliphatic carbocycles. The van der Waals surface area contributed by atoms with Crippen LogP contribution < -0.4 is 10.0 Å². The van der Waals surface area contributed by atoms with Crippen LogP contribution in [0.25, 0.3) is 6.08 Å². The molecular weight excluding hydrogens is 422 g/mol. The molecule has 152 valence electrons. The van der Waals surface area contributed by atoms with Crippen LogP contribution in [0, 0.1) is 6.92 Å². The molecular formula is C17H21N3O5S3. The summed E-state index contributed by atoms with van der Waals surface area (Å²) >= 11 is 1.19. The zero-order valence-corrected chi connectivity index (χ0v) is 17.8. The van der Waals surface area contributed by atoms with E-state index in [-0.39, 0.29) is 12.2 Å². The fourth-order valence-corrected chi connectivity index (χ4v) is 4.54. The molecule has 1 aromatic heterocycles. The maximum atomic E-state index is 12.5. The lowest BCUT2D eigenvalue weighted by molar-refractivity contribution is -0.117. The molecule has 2 N–H and O–H groups in total. The number of sulfonamides is 1. The quantitative estimate of drug-likeness (QED) is 0.609. The minimum Gasteiger partial charge on any atom is -0.301 e. The molecule has 2 rings (SSSR count). The second kappa shape index (κ2) is 9.41. The summed E-state index contributed by atoms with van der Waals surface area (Å²) in [6.07, 6.45) is 2.21. The van der Waals surface area contributed by atoms with Crippen LogP contribution in [0.4, 0.5) is 5.13 Å². The van der Waals surface area contributed by atoms with Crippen molar-refractivity contribution in [3.05, 3.63) is 52.4 Å². The fraction of sp³-hybridized carbons (Fsp3) is 0.294. The summed E-state index contributed by atoms with van der Waals surface area (Å²) in [6, 6.07) is 7.52. The average molecular weight is 444 g/mol. The molecule has 8 nitrogen and oxygen atoms in total. The molecule has 1 aromatic carbocycles. The highest BCUT2D eigenvalue weighted by molar-refractivity contribution is 7.92. The van der Waals surface area contributed by atoms with E-state index in [1.165, 1.54) is 17.4 Å². The predicted octanol–water partition coefficient (Wildman–Crippen LogP) is 1.78. The number of benzene rings is 1. The van der Waals surface area contributed by atoms with Gasteiger partial charge in [0.25, 0.3) is 0 Å². The first-order valence-corrected chi connectivity index (χ1v) is 12.7. The summed E-state index contributed by atoms with van der Waals surface area (Å²) in [5.74, 6) is -1.01. The van der Waals surface area contributed by atoms with Crippen molar-refractivity contribution in [1.82, 2.24) is 9.71 Å². The smallest absolute Gasteiger partial charge is 0.244 e. The van der Waals surface area contributed by atoms with Crippen molar-refractivity contribution >= 4 is 48.3 Å². The van der Waals surface area contributed by atoms with E-state index in [1.807, 2.05) is 0 Å². The molecule has 0 bridgehead atoms. The van der Waals surface area contributed by atoms with Gasteiger partial charge in [-0.05, 0) is 25.0 Å². The third-order valence-corrected chi connectivity index (χ3v) is 6.45. The molecule has 1 heterocycles. The Hall–Kier alpha value is -2.08. The number of hydrogen-bond acceptors (Lipinski definition) is 7. The van der Waals surface area contributed by atoms with Crippen molar-refractivity contribution < 1.29 is 21.6 Å². The van der Waals surface area contributed by atoms with Crippen LogP contribution in [-0.2, 0) is 24.7 Å². The zero-order valence-electron chi connectivity index (χ0n) is 15.3. The highest BCUT2D eigenvalue weighted by atomic mass is 32.2. The van der Waals surface area contributed by atoms with Crippen molar-refractivity contribution in [1.29, 1.82) is 0 Å². The van der Waals surface area contributed by atoms with E-state index in [4.69, 9.17) is 0 Å². The van der Waals surface area contributed by atoms with Crippen molar-refractivity contribution in [2.75, 3.05) is 17.3 Å². The van der Waals surface area contributed by atoms with Gasteiger partial charge < -0.3 is 5.32 Å².